The van der Waals surface area contributed by atoms with Crippen molar-refractivity contribution in [1.82, 2.24) is 0 Å². The van der Waals surface area contributed by atoms with Gasteiger partial charge in [-0.2, -0.15) is 0 Å². The number of halogens is 1. The number of hydrogen-bond donors (Lipinski definition) is 2. The smallest absolute Gasteiger partial charge is 0.305 e. The predicted molar refractivity (Wildman–Crippen MR) is 45.6 cm³/mol. The third kappa shape index (κ3) is 2.09. The number of carboxylic acid groups (broad SMARTS) is 1. The van der Waals surface area contributed by atoms with Gasteiger partial charge in [-0.3, -0.25) is 4.79 Å². The molecular formula is C7H8BrNO3. The van der Waals surface area contributed by atoms with Crippen LogP contribution in [-0.4, -0.2) is 11.1 Å². The van der Waals surface area contributed by atoms with Gasteiger partial charge in [0.05, 0.1) is 23.2 Å². The van der Waals surface area contributed by atoms with Gasteiger partial charge in [0.25, 0.3) is 0 Å². The summed E-state index contributed by atoms with van der Waals surface area (Å²) in [5, 5.41) is 8.44. The van der Waals surface area contributed by atoms with E-state index < -0.39 is 12.0 Å². The minimum Gasteiger partial charge on any atom is -0.481 e. The van der Waals surface area contributed by atoms with Crippen LogP contribution in [0.3, 0.4) is 0 Å². The van der Waals surface area contributed by atoms with E-state index in [1.165, 1.54) is 6.26 Å². The molecule has 0 aliphatic carbocycles. The Labute approximate surface area is 77.5 Å². The lowest BCUT2D eigenvalue weighted by atomic mass is 10.2. The van der Waals surface area contributed by atoms with Gasteiger partial charge in [-0.15, -0.1) is 0 Å². The van der Waals surface area contributed by atoms with Crippen molar-refractivity contribution >= 4 is 21.9 Å². The van der Waals surface area contributed by atoms with Crippen LogP contribution in [0.25, 0.3) is 0 Å². The molecule has 66 valence electrons. The summed E-state index contributed by atoms with van der Waals surface area (Å²) in [5.41, 5.74) is 5.54. The summed E-state index contributed by atoms with van der Waals surface area (Å²) in [6.45, 7) is 0. The van der Waals surface area contributed by atoms with Crippen molar-refractivity contribution in [3.05, 3.63) is 22.6 Å². The molecule has 1 aromatic rings. The maximum atomic E-state index is 10.3. The number of rotatable bonds is 3. The van der Waals surface area contributed by atoms with Crippen LogP contribution < -0.4 is 5.73 Å². The summed E-state index contributed by atoms with van der Waals surface area (Å²) in [7, 11) is 0. The molecular weight excluding hydrogens is 226 g/mol. The van der Waals surface area contributed by atoms with Gasteiger partial charge in [0, 0.05) is 0 Å². The van der Waals surface area contributed by atoms with Crippen LogP contribution >= 0.6 is 15.9 Å². The van der Waals surface area contributed by atoms with Gasteiger partial charge in [0.2, 0.25) is 0 Å². The Morgan fingerprint density at radius 1 is 1.83 bits per heavy atom. The maximum Gasteiger partial charge on any atom is 0.305 e. The van der Waals surface area contributed by atoms with E-state index in [4.69, 9.17) is 15.3 Å². The SMILES string of the molecule is N[C@@H](CC(=O)O)c1occc1Br. The number of furan rings is 1. The van der Waals surface area contributed by atoms with Gasteiger partial charge in [0.1, 0.15) is 5.76 Å². The minimum absolute atomic E-state index is 0.133. The standard InChI is InChI=1S/C7H8BrNO3/c8-4-1-2-12-7(4)5(9)3-6(10)11/h1-2,5H,3,9H2,(H,10,11)/t5-/m0/s1. The number of nitrogens with two attached hydrogens (primary N) is 1. The summed E-state index contributed by atoms with van der Waals surface area (Å²) >= 11 is 3.19. The zero-order valence-electron chi connectivity index (χ0n) is 6.16. The highest BCUT2D eigenvalue weighted by Crippen LogP contribution is 2.24. The molecule has 0 spiro atoms. The molecule has 1 aromatic heterocycles. The average molecular weight is 234 g/mol. The van der Waals surface area contributed by atoms with E-state index >= 15 is 0 Å². The molecule has 0 saturated carbocycles. The first kappa shape index (κ1) is 9.28. The normalized spacial score (nSPS) is 12.8. The van der Waals surface area contributed by atoms with E-state index in [-0.39, 0.29) is 6.42 Å². The summed E-state index contributed by atoms with van der Waals surface area (Å²) in [5.74, 6) is -0.469. The topological polar surface area (TPSA) is 76.5 Å². The molecule has 0 aromatic carbocycles. The number of carboxylic acids is 1. The Morgan fingerprint density at radius 2 is 2.50 bits per heavy atom. The van der Waals surface area contributed by atoms with Crippen molar-refractivity contribution in [2.45, 2.75) is 12.5 Å². The first-order chi connectivity index (χ1) is 5.61. The third-order valence-electron chi connectivity index (χ3n) is 1.38. The summed E-state index contributed by atoms with van der Waals surface area (Å²) in [4.78, 5) is 10.3. The van der Waals surface area contributed by atoms with Crippen molar-refractivity contribution in [2.75, 3.05) is 0 Å². The van der Waals surface area contributed by atoms with Crippen molar-refractivity contribution in [3.8, 4) is 0 Å². The van der Waals surface area contributed by atoms with Crippen molar-refractivity contribution < 1.29 is 14.3 Å². The van der Waals surface area contributed by atoms with E-state index in [2.05, 4.69) is 15.9 Å². The fourth-order valence-corrected chi connectivity index (χ4v) is 1.35. The molecule has 5 heteroatoms. The van der Waals surface area contributed by atoms with E-state index in [0.29, 0.717) is 10.2 Å². The highest BCUT2D eigenvalue weighted by molar-refractivity contribution is 9.10. The van der Waals surface area contributed by atoms with Gasteiger partial charge in [-0.05, 0) is 22.0 Å². The monoisotopic (exact) mass is 233 g/mol. The van der Waals surface area contributed by atoms with E-state index in [0.717, 1.165) is 0 Å². The Morgan fingerprint density at radius 3 is 2.92 bits per heavy atom. The van der Waals surface area contributed by atoms with Crippen LogP contribution in [0, 0.1) is 0 Å². The molecule has 1 rings (SSSR count). The fourth-order valence-electron chi connectivity index (χ4n) is 0.851. The van der Waals surface area contributed by atoms with Gasteiger partial charge < -0.3 is 15.3 Å². The maximum absolute atomic E-state index is 10.3. The molecule has 0 aliphatic rings. The third-order valence-corrected chi connectivity index (χ3v) is 2.03. The lowest BCUT2D eigenvalue weighted by Gasteiger charge is -2.04. The molecule has 12 heavy (non-hydrogen) atoms. The Hall–Kier alpha value is -0.810. The summed E-state index contributed by atoms with van der Waals surface area (Å²) < 4.78 is 5.70. The van der Waals surface area contributed by atoms with Crippen LogP contribution in [0.15, 0.2) is 21.2 Å². The molecule has 1 atom stereocenters. The van der Waals surface area contributed by atoms with Crippen molar-refractivity contribution in [3.63, 3.8) is 0 Å². The van der Waals surface area contributed by atoms with Crippen LogP contribution in [0.1, 0.15) is 18.2 Å². The van der Waals surface area contributed by atoms with Crippen LogP contribution in [-0.2, 0) is 4.79 Å². The largest absolute Gasteiger partial charge is 0.481 e. The first-order valence-electron chi connectivity index (χ1n) is 3.31. The van der Waals surface area contributed by atoms with Gasteiger partial charge in [-0.1, -0.05) is 0 Å². The van der Waals surface area contributed by atoms with Crippen LogP contribution in [0.2, 0.25) is 0 Å². The van der Waals surface area contributed by atoms with Crippen molar-refractivity contribution in [2.24, 2.45) is 5.73 Å². The second-order valence-corrected chi connectivity index (χ2v) is 3.19. The summed E-state index contributed by atoms with van der Waals surface area (Å²) in [6.07, 6.45) is 1.33. The highest BCUT2D eigenvalue weighted by Gasteiger charge is 2.16. The van der Waals surface area contributed by atoms with E-state index in [1.807, 2.05) is 0 Å². The molecule has 1 heterocycles. The molecule has 0 aliphatic heterocycles. The molecule has 0 bridgehead atoms. The molecule has 4 nitrogen and oxygen atoms in total. The van der Waals surface area contributed by atoms with Gasteiger partial charge >= 0.3 is 5.97 Å². The van der Waals surface area contributed by atoms with E-state index in [9.17, 15) is 4.79 Å². The second kappa shape index (κ2) is 3.73. The molecule has 0 amide bonds. The first-order valence-corrected chi connectivity index (χ1v) is 4.11. The average Bonchev–Trinajstić information content (AvgIpc) is 2.33. The quantitative estimate of drug-likeness (QED) is 0.831. The Kier molecular flexibility index (Phi) is 2.88. The molecule has 0 unspecified atom stereocenters. The predicted octanol–water partition coefficient (Wildman–Crippen LogP) is 1.52. The minimum atomic E-state index is -0.939. The van der Waals surface area contributed by atoms with Crippen LogP contribution in [0.4, 0.5) is 0 Å². The molecule has 0 radical (unpaired) electrons. The van der Waals surface area contributed by atoms with Crippen molar-refractivity contribution in [1.29, 1.82) is 0 Å². The molecule has 0 saturated heterocycles. The van der Waals surface area contributed by atoms with E-state index in [1.54, 1.807) is 6.07 Å². The molecule has 0 fully saturated rings. The van der Waals surface area contributed by atoms with Crippen LogP contribution in [0.5, 0.6) is 0 Å². The Bertz CT molecular complexity index is 284. The number of hydrogen-bond acceptors (Lipinski definition) is 3. The van der Waals surface area contributed by atoms with Gasteiger partial charge in [-0.25, -0.2) is 0 Å². The lowest BCUT2D eigenvalue weighted by Crippen LogP contribution is -2.14. The van der Waals surface area contributed by atoms with Gasteiger partial charge in [0.15, 0.2) is 0 Å². The Balaban J connectivity index is 2.71. The zero-order chi connectivity index (χ0) is 9.14. The lowest BCUT2D eigenvalue weighted by molar-refractivity contribution is -0.137. The zero-order valence-corrected chi connectivity index (χ0v) is 7.74. The summed E-state index contributed by atoms with van der Waals surface area (Å²) in [6, 6.07) is 1.09. The second-order valence-electron chi connectivity index (χ2n) is 2.34. The highest BCUT2D eigenvalue weighted by atomic mass is 79.9. The molecule has 3 N–H and O–H groups in total. The fraction of sp³-hybridized carbons (Fsp3) is 0.286. The number of carbonyl (C=O) groups is 1. The number of aliphatic carboxylic acids is 1.